The molecule has 0 radical (unpaired) electrons. The smallest absolute Gasteiger partial charge is 0.437 e. The van der Waals surface area contributed by atoms with Gasteiger partial charge in [-0.2, -0.15) is 13.2 Å². The monoisotopic (exact) mass is 536 g/mol. The SMILES string of the molecule is C/C=C/COc1cc(C)c(OCCCCCCCCCOc2ccc(/C(=N/OC)C(F)(F)F)cn2)c(C)c1. The van der Waals surface area contributed by atoms with Gasteiger partial charge in [-0.3, -0.25) is 0 Å². The number of ether oxygens (including phenoxy) is 3. The third kappa shape index (κ3) is 11.0. The van der Waals surface area contributed by atoms with Crippen LogP contribution in [-0.2, 0) is 4.84 Å². The Morgan fingerprint density at radius 3 is 2.03 bits per heavy atom. The summed E-state index contributed by atoms with van der Waals surface area (Å²) in [6.07, 6.45) is 7.80. The molecule has 1 heterocycles. The predicted octanol–water partition coefficient (Wildman–Crippen LogP) is 7.75. The van der Waals surface area contributed by atoms with Crippen molar-refractivity contribution in [1.29, 1.82) is 0 Å². The van der Waals surface area contributed by atoms with Gasteiger partial charge in [0.1, 0.15) is 25.2 Å². The lowest BCUT2D eigenvalue weighted by molar-refractivity contribution is -0.0608. The van der Waals surface area contributed by atoms with Crippen molar-refractivity contribution in [3.05, 3.63) is 59.3 Å². The molecule has 0 saturated carbocycles. The number of alkyl halides is 3. The number of unbranched alkanes of at least 4 members (excludes halogenated alkanes) is 6. The van der Waals surface area contributed by atoms with Crippen molar-refractivity contribution in [3.63, 3.8) is 0 Å². The molecule has 0 spiro atoms. The number of allylic oxidation sites excluding steroid dienone is 1. The molecule has 0 amide bonds. The van der Waals surface area contributed by atoms with Crippen LogP contribution in [-0.4, -0.2) is 43.8 Å². The van der Waals surface area contributed by atoms with Crippen LogP contribution in [0.2, 0.25) is 0 Å². The molecule has 0 unspecified atom stereocenters. The third-order valence-corrected chi connectivity index (χ3v) is 5.76. The van der Waals surface area contributed by atoms with Crippen LogP contribution in [0, 0.1) is 13.8 Å². The average molecular weight is 537 g/mol. The molecule has 0 aliphatic heterocycles. The Balaban J connectivity index is 1.55. The topological polar surface area (TPSA) is 62.2 Å². The van der Waals surface area contributed by atoms with E-state index in [-0.39, 0.29) is 11.4 Å². The number of hydrogen-bond acceptors (Lipinski definition) is 6. The fraction of sp³-hybridized carbons (Fsp3) is 0.517. The molecule has 0 aliphatic carbocycles. The van der Waals surface area contributed by atoms with E-state index in [2.05, 4.69) is 15.0 Å². The van der Waals surface area contributed by atoms with Crippen LogP contribution >= 0.6 is 0 Å². The van der Waals surface area contributed by atoms with E-state index in [1.165, 1.54) is 12.1 Å². The number of nitrogens with zero attached hydrogens (tertiary/aromatic N) is 2. The van der Waals surface area contributed by atoms with Crippen molar-refractivity contribution in [1.82, 2.24) is 4.98 Å². The van der Waals surface area contributed by atoms with Gasteiger partial charge in [0.05, 0.1) is 13.2 Å². The summed E-state index contributed by atoms with van der Waals surface area (Å²) in [7, 11) is 1.07. The van der Waals surface area contributed by atoms with Crippen LogP contribution < -0.4 is 14.2 Å². The highest BCUT2D eigenvalue weighted by Crippen LogP contribution is 2.29. The van der Waals surface area contributed by atoms with Crippen molar-refractivity contribution in [2.45, 2.75) is 71.9 Å². The molecule has 9 heteroatoms. The van der Waals surface area contributed by atoms with Crippen molar-refractivity contribution >= 4 is 5.71 Å². The zero-order valence-corrected chi connectivity index (χ0v) is 22.8. The zero-order chi connectivity index (χ0) is 27.8. The summed E-state index contributed by atoms with van der Waals surface area (Å²) in [5.74, 6) is 2.09. The van der Waals surface area contributed by atoms with Crippen LogP contribution in [0.4, 0.5) is 13.2 Å². The summed E-state index contributed by atoms with van der Waals surface area (Å²) in [6, 6.07) is 6.71. The van der Waals surface area contributed by atoms with Crippen LogP contribution in [0.15, 0.2) is 47.8 Å². The minimum Gasteiger partial charge on any atom is -0.493 e. The second-order valence-corrected chi connectivity index (χ2v) is 8.94. The van der Waals surface area contributed by atoms with Crippen molar-refractivity contribution < 1.29 is 32.2 Å². The minimum atomic E-state index is -4.63. The Morgan fingerprint density at radius 2 is 1.50 bits per heavy atom. The fourth-order valence-electron chi connectivity index (χ4n) is 3.87. The highest BCUT2D eigenvalue weighted by Gasteiger charge is 2.38. The van der Waals surface area contributed by atoms with Gasteiger partial charge in [-0.1, -0.05) is 49.4 Å². The van der Waals surface area contributed by atoms with Crippen LogP contribution in [0.3, 0.4) is 0 Å². The number of hydrogen-bond donors (Lipinski definition) is 0. The molecular formula is C29H39F3N2O4. The standard InChI is InChI=1S/C29H39F3N2O4/c1-5-6-16-36-25-19-22(2)27(23(3)20-25)38-18-13-11-9-7-8-10-12-17-37-26-15-14-24(21-33-26)28(34-35-4)29(30,31)32/h5-6,14-15,19-21H,7-13,16-18H2,1-4H3/b6-5+,34-28-. The van der Waals surface area contributed by atoms with E-state index in [0.29, 0.717) is 19.8 Å². The van der Waals surface area contributed by atoms with Gasteiger partial charge in [0.25, 0.3) is 0 Å². The summed E-state index contributed by atoms with van der Waals surface area (Å²) in [5, 5.41) is 3.05. The van der Waals surface area contributed by atoms with Gasteiger partial charge in [0.15, 0.2) is 5.71 Å². The van der Waals surface area contributed by atoms with Crippen molar-refractivity contribution in [2.24, 2.45) is 5.16 Å². The summed E-state index contributed by atoms with van der Waals surface area (Å²) in [5.41, 5.74) is 0.862. The second-order valence-electron chi connectivity index (χ2n) is 8.94. The van der Waals surface area contributed by atoms with Gasteiger partial charge >= 0.3 is 6.18 Å². The van der Waals surface area contributed by atoms with Crippen LogP contribution in [0.25, 0.3) is 0 Å². The number of aryl methyl sites for hydroxylation is 2. The van der Waals surface area contributed by atoms with E-state index in [4.69, 9.17) is 14.2 Å². The Bertz CT molecular complexity index is 998. The van der Waals surface area contributed by atoms with E-state index in [0.717, 1.165) is 80.9 Å². The van der Waals surface area contributed by atoms with Gasteiger partial charge in [-0.15, -0.1) is 0 Å². The lowest BCUT2D eigenvalue weighted by atomic mass is 10.1. The highest BCUT2D eigenvalue weighted by molar-refractivity contribution is 6.04. The van der Waals surface area contributed by atoms with E-state index in [1.807, 2.05) is 45.1 Å². The van der Waals surface area contributed by atoms with Gasteiger partial charge in [0.2, 0.25) is 5.88 Å². The lowest BCUT2D eigenvalue weighted by Gasteiger charge is -2.14. The maximum absolute atomic E-state index is 13.0. The molecule has 6 nitrogen and oxygen atoms in total. The largest absolute Gasteiger partial charge is 0.493 e. The Hall–Kier alpha value is -3.23. The first kappa shape index (κ1) is 31.0. The van der Waals surface area contributed by atoms with Crippen LogP contribution in [0.5, 0.6) is 17.4 Å². The summed E-state index contributed by atoms with van der Waals surface area (Å²) < 4.78 is 56.3. The molecule has 0 saturated heterocycles. The third-order valence-electron chi connectivity index (χ3n) is 5.76. The zero-order valence-electron chi connectivity index (χ0n) is 22.8. The molecule has 1 aromatic carbocycles. The van der Waals surface area contributed by atoms with E-state index in [1.54, 1.807) is 0 Å². The molecular weight excluding hydrogens is 497 g/mol. The van der Waals surface area contributed by atoms with E-state index in [9.17, 15) is 13.2 Å². The molecule has 1 aromatic heterocycles. The van der Waals surface area contributed by atoms with Gasteiger partial charge in [-0.25, -0.2) is 4.98 Å². The summed E-state index contributed by atoms with van der Waals surface area (Å²) >= 11 is 0. The van der Waals surface area contributed by atoms with Crippen LogP contribution in [0.1, 0.15) is 68.6 Å². The predicted molar refractivity (Wildman–Crippen MR) is 143 cm³/mol. The van der Waals surface area contributed by atoms with E-state index < -0.39 is 11.9 Å². The normalized spacial score (nSPS) is 12.1. The number of aromatic nitrogens is 1. The first-order chi connectivity index (χ1) is 18.3. The Labute approximate surface area is 223 Å². The van der Waals surface area contributed by atoms with Gasteiger partial charge in [-0.05, 0) is 62.9 Å². The average Bonchev–Trinajstić information content (AvgIpc) is 2.87. The first-order valence-electron chi connectivity index (χ1n) is 13.0. The molecule has 2 aromatic rings. The minimum absolute atomic E-state index is 0.175. The molecule has 0 bridgehead atoms. The second kappa shape index (κ2) is 16.6. The number of pyridine rings is 1. The molecule has 0 aliphatic rings. The molecule has 2 rings (SSSR count). The maximum atomic E-state index is 13.0. The Morgan fingerprint density at radius 1 is 0.895 bits per heavy atom. The Kier molecular flexibility index (Phi) is 13.5. The fourth-order valence-corrected chi connectivity index (χ4v) is 3.87. The highest BCUT2D eigenvalue weighted by atomic mass is 19.4. The first-order valence-corrected chi connectivity index (χ1v) is 13.0. The number of oxime groups is 1. The van der Waals surface area contributed by atoms with E-state index >= 15 is 0 Å². The number of halogens is 3. The molecule has 0 atom stereocenters. The van der Waals surface area contributed by atoms with Gasteiger partial charge < -0.3 is 19.0 Å². The van der Waals surface area contributed by atoms with Gasteiger partial charge in [0, 0.05) is 17.8 Å². The summed E-state index contributed by atoms with van der Waals surface area (Å²) in [4.78, 5) is 8.24. The number of benzene rings is 1. The quantitative estimate of drug-likeness (QED) is 0.0895. The molecule has 210 valence electrons. The maximum Gasteiger partial charge on any atom is 0.437 e. The number of rotatable bonds is 17. The molecule has 38 heavy (non-hydrogen) atoms. The van der Waals surface area contributed by atoms with Crippen molar-refractivity contribution in [2.75, 3.05) is 26.9 Å². The summed E-state index contributed by atoms with van der Waals surface area (Å²) in [6.45, 7) is 7.79. The van der Waals surface area contributed by atoms with Crippen molar-refractivity contribution in [3.8, 4) is 17.4 Å². The molecule has 0 fully saturated rings. The lowest BCUT2D eigenvalue weighted by Crippen LogP contribution is -2.24. The molecule has 0 N–H and O–H groups in total.